The zero-order valence-corrected chi connectivity index (χ0v) is 17.0. The number of carbonyl (C=O) groups excluding carboxylic acids is 1. The van der Waals surface area contributed by atoms with Crippen molar-refractivity contribution in [2.75, 3.05) is 13.1 Å². The van der Waals surface area contributed by atoms with E-state index >= 15 is 0 Å². The lowest BCUT2D eigenvalue weighted by Gasteiger charge is -2.46. The average Bonchev–Trinajstić information content (AvgIpc) is 2.69. The van der Waals surface area contributed by atoms with Gasteiger partial charge < -0.3 is 20.1 Å². The molecule has 2 aliphatic rings. The Morgan fingerprint density at radius 2 is 2.00 bits per heavy atom. The number of nitrogens with two attached hydrogens (primary N) is 1. The molecule has 0 radical (unpaired) electrons. The fourth-order valence-corrected chi connectivity index (χ4v) is 4.24. The maximum Gasteiger partial charge on any atom is 0.410 e. The fraction of sp³-hybridized carbons (Fsp3) is 0.381. The molecule has 1 saturated heterocycles. The van der Waals surface area contributed by atoms with Gasteiger partial charge in [0, 0.05) is 44.0 Å². The van der Waals surface area contributed by atoms with Crippen molar-refractivity contribution in [3.63, 3.8) is 0 Å². The van der Waals surface area contributed by atoms with Crippen molar-refractivity contribution < 1.29 is 18.7 Å². The van der Waals surface area contributed by atoms with Gasteiger partial charge in [0.15, 0.2) is 0 Å². The monoisotopic (exact) mass is 448 g/mol. The average molecular weight is 449 g/mol. The van der Waals surface area contributed by atoms with Gasteiger partial charge in [0.2, 0.25) is 0 Å². The number of amides is 1. The number of carbonyl (C=O) groups is 1. The molecule has 148 valence electrons. The van der Waals surface area contributed by atoms with Crippen LogP contribution < -0.4 is 10.5 Å². The lowest BCUT2D eigenvalue weighted by atomic mass is 9.81. The first-order valence-corrected chi connectivity index (χ1v) is 10.1. The summed E-state index contributed by atoms with van der Waals surface area (Å²) in [6, 6.07) is 12.4. The maximum absolute atomic E-state index is 13.8. The first kappa shape index (κ1) is 19.2. The van der Waals surface area contributed by atoms with E-state index in [0.717, 1.165) is 5.56 Å². The molecule has 0 saturated carbocycles. The number of benzene rings is 2. The van der Waals surface area contributed by atoms with Gasteiger partial charge in [0.05, 0.1) is 4.47 Å². The summed E-state index contributed by atoms with van der Waals surface area (Å²) in [5, 5.41) is 0. The molecule has 5 nitrogen and oxygen atoms in total. The van der Waals surface area contributed by atoms with Crippen molar-refractivity contribution in [2.24, 2.45) is 5.73 Å². The number of piperidine rings is 1. The van der Waals surface area contributed by atoms with E-state index in [1.807, 2.05) is 30.3 Å². The third-order valence-electron chi connectivity index (χ3n) is 5.51. The second-order valence-corrected chi connectivity index (χ2v) is 8.28. The zero-order chi connectivity index (χ0) is 19.7. The summed E-state index contributed by atoms with van der Waals surface area (Å²) >= 11 is 3.21. The van der Waals surface area contributed by atoms with Crippen molar-refractivity contribution in [1.82, 2.24) is 4.90 Å². The van der Waals surface area contributed by atoms with Gasteiger partial charge in [-0.2, -0.15) is 0 Å². The van der Waals surface area contributed by atoms with Gasteiger partial charge in [-0.25, -0.2) is 9.18 Å². The zero-order valence-electron chi connectivity index (χ0n) is 15.4. The molecule has 2 aromatic rings. The van der Waals surface area contributed by atoms with Crippen molar-refractivity contribution in [2.45, 2.75) is 37.5 Å². The van der Waals surface area contributed by atoms with Crippen LogP contribution in [0.2, 0.25) is 0 Å². The van der Waals surface area contributed by atoms with Crippen LogP contribution in [0, 0.1) is 5.82 Å². The van der Waals surface area contributed by atoms with E-state index in [9.17, 15) is 9.18 Å². The van der Waals surface area contributed by atoms with Gasteiger partial charge in [-0.3, -0.25) is 0 Å². The maximum atomic E-state index is 13.8. The number of likely N-dealkylation sites (tertiary alicyclic amines) is 1. The van der Waals surface area contributed by atoms with E-state index in [1.54, 1.807) is 11.0 Å². The van der Waals surface area contributed by atoms with Crippen LogP contribution in [0.5, 0.6) is 5.75 Å². The van der Waals surface area contributed by atoms with E-state index in [0.29, 0.717) is 48.1 Å². The van der Waals surface area contributed by atoms with Crippen molar-refractivity contribution in [1.29, 1.82) is 0 Å². The van der Waals surface area contributed by atoms with Crippen LogP contribution in [0.15, 0.2) is 46.9 Å². The highest BCUT2D eigenvalue weighted by Gasteiger charge is 2.43. The molecule has 2 aliphatic heterocycles. The van der Waals surface area contributed by atoms with Gasteiger partial charge in [0.25, 0.3) is 0 Å². The van der Waals surface area contributed by atoms with Gasteiger partial charge in [-0.05, 0) is 33.6 Å². The molecule has 7 heteroatoms. The standard InChI is InChI=1S/C21H22BrFN2O3/c22-16-11-19-15(10-17(16)23)18(24)12-21(28-19)6-8-25(9-7-21)20(26)27-13-14-4-2-1-3-5-14/h1-5,10-11,18H,6-9,12-13,24H2. The molecule has 0 aliphatic carbocycles. The summed E-state index contributed by atoms with van der Waals surface area (Å²) in [6.07, 6.45) is 1.61. The molecule has 28 heavy (non-hydrogen) atoms. The first-order valence-electron chi connectivity index (χ1n) is 9.35. The van der Waals surface area contributed by atoms with Gasteiger partial charge in [-0.15, -0.1) is 0 Å². The van der Waals surface area contributed by atoms with Crippen LogP contribution in [0.4, 0.5) is 9.18 Å². The molecule has 2 aromatic carbocycles. The first-order chi connectivity index (χ1) is 13.5. The minimum atomic E-state index is -0.431. The Labute approximate surface area is 171 Å². The molecule has 1 unspecified atom stereocenters. The minimum Gasteiger partial charge on any atom is -0.487 e. The molecule has 4 rings (SSSR count). The Bertz CT molecular complexity index is 869. The molecular weight excluding hydrogens is 427 g/mol. The summed E-state index contributed by atoms with van der Waals surface area (Å²) < 4.78 is 25.9. The molecule has 0 bridgehead atoms. The van der Waals surface area contributed by atoms with Crippen LogP contribution in [0.3, 0.4) is 0 Å². The highest BCUT2D eigenvalue weighted by atomic mass is 79.9. The van der Waals surface area contributed by atoms with Gasteiger partial charge in [0.1, 0.15) is 23.8 Å². The molecular formula is C21H22BrFN2O3. The molecule has 2 N–H and O–H groups in total. The Kier molecular flexibility index (Phi) is 5.29. The molecule has 0 aromatic heterocycles. The summed E-state index contributed by atoms with van der Waals surface area (Å²) in [4.78, 5) is 14.1. The summed E-state index contributed by atoms with van der Waals surface area (Å²) in [5.41, 5.74) is 7.53. The third kappa shape index (κ3) is 3.86. The smallest absolute Gasteiger partial charge is 0.410 e. The molecule has 1 atom stereocenters. The van der Waals surface area contributed by atoms with Crippen LogP contribution >= 0.6 is 15.9 Å². The van der Waals surface area contributed by atoms with Crippen LogP contribution in [0.25, 0.3) is 0 Å². The highest BCUT2D eigenvalue weighted by Crippen LogP contribution is 2.44. The quantitative estimate of drug-likeness (QED) is 0.731. The predicted molar refractivity (Wildman–Crippen MR) is 106 cm³/mol. The van der Waals surface area contributed by atoms with E-state index in [4.69, 9.17) is 15.2 Å². The van der Waals surface area contributed by atoms with Gasteiger partial charge in [-0.1, -0.05) is 30.3 Å². The number of nitrogens with zero attached hydrogens (tertiary/aromatic N) is 1. The second kappa shape index (κ2) is 7.72. The number of halogens is 2. The Morgan fingerprint density at radius 1 is 1.29 bits per heavy atom. The van der Waals surface area contributed by atoms with Crippen LogP contribution in [-0.2, 0) is 11.3 Å². The number of hydrogen-bond donors (Lipinski definition) is 1. The topological polar surface area (TPSA) is 64.8 Å². The Morgan fingerprint density at radius 3 is 2.71 bits per heavy atom. The number of rotatable bonds is 2. The van der Waals surface area contributed by atoms with Crippen molar-refractivity contribution in [3.8, 4) is 5.75 Å². The van der Waals surface area contributed by atoms with E-state index < -0.39 is 5.60 Å². The van der Waals surface area contributed by atoms with E-state index in [-0.39, 0.29) is 24.6 Å². The lowest BCUT2D eigenvalue weighted by molar-refractivity contribution is -0.0218. The minimum absolute atomic E-state index is 0.260. The predicted octanol–water partition coefficient (Wildman–Crippen LogP) is 4.54. The van der Waals surface area contributed by atoms with Crippen molar-refractivity contribution in [3.05, 3.63) is 63.9 Å². The lowest BCUT2D eigenvalue weighted by Crippen LogP contribution is -2.52. The largest absolute Gasteiger partial charge is 0.487 e. The van der Waals surface area contributed by atoms with E-state index in [1.165, 1.54) is 6.07 Å². The summed E-state index contributed by atoms with van der Waals surface area (Å²) in [7, 11) is 0. The SMILES string of the molecule is NC1CC2(CCN(C(=O)OCc3ccccc3)CC2)Oc2cc(Br)c(F)cc21. The fourth-order valence-electron chi connectivity index (χ4n) is 3.92. The molecule has 1 spiro atoms. The van der Waals surface area contributed by atoms with Crippen LogP contribution in [0.1, 0.15) is 36.4 Å². The Balaban J connectivity index is 1.38. The summed E-state index contributed by atoms with van der Waals surface area (Å²) in [5.74, 6) is 0.275. The summed E-state index contributed by atoms with van der Waals surface area (Å²) in [6.45, 7) is 1.34. The molecule has 1 fully saturated rings. The third-order valence-corrected chi connectivity index (χ3v) is 6.12. The Hall–Kier alpha value is -2.12. The van der Waals surface area contributed by atoms with Gasteiger partial charge >= 0.3 is 6.09 Å². The number of fused-ring (bicyclic) bond motifs is 1. The van der Waals surface area contributed by atoms with Crippen LogP contribution in [-0.4, -0.2) is 29.7 Å². The van der Waals surface area contributed by atoms with Crippen molar-refractivity contribution >= 4 is 22.0 Å². The number of hydrogen-bond acceptors (Lipinski definition) is 4. The number of ether oxygens (including phenoxy) is 2. The molecule has 2 heterocycles. The van der Waals surface area contributed by atoms with E-state index in [2.05, 4.69) is 15.9 Å². The normalized spacial score (nSPS) is 20.4. The second-order valence-electron chi connectivity index (χ2n) is 7.43. The highest BCUT2D eigenvalue weighted by molar-refractivity contribution is 9.10. The molecule has 1 amide bonds.